The van der Waals surface area contributed by atoms with Crippen LogP contribution >= 0.6 is 0 Å². The van der Waals surface area contributed by atoms with Gasteiger partial charge in [-0.1, -0.05) is 13.5 Å². The molecule has 0 N–H and O–H groups in total. The molecule has 1 saturated heterocycles. The largest absolute Gasteiger partial charge is 0.456 e. The molecule has 3 unspecified atom stereocenters. The monoisotopic (exact) mass is 224 g/mol. The van der Waals surface area contributed by atoms with Gasteiger partial charge in [0.15, 0.2) is 0 Å². The van der Waals surface area contributed by atoms with Crippen LogP contribution in [0.15, 0.2) is 12.7 Å². The maximum Gasteiger partial charge on any atom is 0.351 e. The second-order valence-corrected chi connectivity index (χ2v) is 4.94. The summed E-state index contributed by atoms with van der Waals surface area (Å²) in [6, 6.07) is 0. The number of fused-ring (bicyclic) bond motifs is 2. The van der Waals surface area contributed by atoms with Gasteiger partial charge < -0.3 is 9.47 Å². The molecule has 88 valence electrons. The minimum absolute atomic E-state index is 0.300. The summed E-state index contributed by atoms with van der Waals surface area (Å²) in [4.78, 5) is 23.1. The van der Waals surface area contributed by atoms with Crippen molar-refractivity contribution in [1.29, 1.82) is 0 Å². The van der Waals surface area contributed by atoms with Gasteiger partial charge in [0, 0.05) is 12.5 Å². The molecule has 2 rings (SSSR count). The van der Waals surface area contributed by atoms with Gasteiger partial charge in [0.05, 0.1) is 0 Å². The number of ether oxygens (including phenoxy) is 2. The van der Waals surface area contributed by atoms with Crippen molar-refractivity contribution < 1.29 is 19.1 Å². The van der Waals surface area contributed by atoms with E-state index in [2.05, 4.69) is 13.5 Å². The van der Waals surface area contributed by atoms with E-state index >= 15 is 0 Å². The smallest absolute Gasteiger partial charge is 0.351 e. The Hall–Kier alpha value is -1.32. The van der Waals surface area contributed by atoms with Crippen LogP contribution in [-0.4, -0.2) is 23.1 Å². The van der Waals surface area contributed by atoms with Gasteiger partial charge in [-0.3, -0.25) is 0 Å². The Balaban J connectivity index is 2.26. The van der Waals surface area contributed by atoms with Crippen molar-refractivity contribution in [1.82, 2.24) is 0 Å². The lowest BCUT2D eigenvalue weighted by Gasteiger charge is -2.36. The summed E-state index contributed by atoms with van der Waals surface area (Å²) < 4.78 is 10.6. The molecule has 2 aliphatic rings. The Kier molecular flexibility index (Phi) is 2.33. The van der Waals surface area contributed by atoms with Crippen molar-refractivity contribution in [2.45, 2.75) is 44.3 Å². The van der Waals surface area contributed by atoms with E-state index < -0.39 is 23.1 Å². The van der Waals surface area contributed by atoms with Crippen LogP contribution in [0.1, 0.15) is 33.1 Å². The molecule has 0 aromatic heterocycles. The number of carbonyl (C=O) groups excluding carboxylic acids is 2. The first kappa shape index (κ1) is 11.2. The van der Waals surface area contributed by atoms with E-state index in [-0.39, 0.29) is 0 Å². The van der Waals surface area contributed by atoms with Crippen molar-refractivity contribution in [3.63, 3.8) is 0 Å². The van der Waals surface area contributed by atoms with E-state index in [1.807, 2.05) is 6.92 Å². The van der Waals surface area contributed by atoms with Crippen LogP contribution < -0.4 is 0 Å². The Labute approximate surface area is 94.6 Å². The highest BCUT2D eigenvalue weighted by Crippen LogP contribution is 2.50. The predicted molar refractivity (Wildman–Crippen MR) is 56.5 cm³/mol. The van der Waals surface area contributed by atoms with Crippen LogP contribution in [0.25, 0.3) is 0 Å². The van der Waals surface area contributed by atoms with Crippen LogP contribution in [0.2, 0.25) is 0 Å². The predicted octanol–water partition coefficient (Wildman–Crippen LogP) is 1.59. The number of hydrogen-bond donors (Lipinski definition) is 0. The zero-order chi connectivity index (χ0) is 12.0. The van der Waals surface area contributed by atoms with Gasteiger partial charge in [0.1, 0.15) is 5.60 Å². The average molecular weight is 224 g/mol. The maximum absolute atomic E-state index is 11.8. The van der Waals surface area contributed by atoms with Gasteiger partial charge in [-0.15, -0.1) is 0 Å². The molecule has 0 aromatic carbocycles. The first-order chi connectivity index (χ1) is 7.42. The zero-order valence-electron chi connectivity index (χ0n) is 9.62. The fourth-order valence-corrected chi connectivity index (χ4v) is 2.56. The number of hydrogen-bond acceptors (Lipinski definition) is 4. The molecule has 3 atom stereocenters. The topological polar surface area (TPSA) is 52.6 Å². The second kappa shape index (κ2) is 3.34. The number of carbonyl (C=O) groups is 2. The Morgan fingerprint density at radius 1 is 1.69 bits per heavy atom. The Morgan fingerprint density at radius 2 is 2.38 bits per heavy atom. The lowest BCUT2D eigenvalue weighted by atomic mass is 9.72. The van der Waals surface area contributed by atoms with Crippen LogP contribution in [-0.2, 0) is 19.1 Å². The van der Waals surface area contributed by atoms with Crippen molar-refractivity contribution in [3.8, 4) is 0 Å². The first-order valence-corrected chi connectivity index (χ1v) is 5.51. The van der Waals surface area contributed by atoms with Crippen LogP contribution in [0, 0.1) is 5.92 Å². The van der Waals surface area contributed by atoms with E-state index in [1.165, 1.54) is 0 Å². The van der Waals surface area contributed by atoms with Crippen molar-refractivity contribution in [3.05, 3.63) is 12.7 Å². The van der Waals surface area contributed by atoms with E-state index in [4.69, 9.17) is 9.47 Å². The van der Waals surface area contributed by atoms with E-state index in [0.29, 0.717) is 18.8 Å². The van der Waals surface area contributed by atoms with Crippen molar-refractivity contribution >= 4 is 11.9 Å². The SMILES string of the molecule is C=CC(=O)OC12CCC(C)C(C)(C1)OC2=O. The van der Waals surface area contributed by atoms with Crippen molar-refractivity contribution in [2.24, 2.45) is 5.92 Å². The van der Waals surface area contributed by atoms with E-state index in [0.717, 1.165) is 12.5 Å². The second-order valence-electron chi connectivity index (χ2n) is 4.94. The lowest BCUT2D eigenvalue weighted by Crippen LogP contribution is -2.45. The van der Waals surface area contributed by atoms with Gasteiger partial charge in [-0.2, -0.15) is 0 Å². The Bertz CT molecular complexity index is 362. The molecule has 4 heteroatoms. The minimum atomic E-state index is -1.06. The van der Waals surface area contributed by atoms with Crippen LogP contribution in [0.4, 0.5) is 0 Å². The van der Waals surface area contributed by atoms with Crippen LogP contribution in [0.3, 0.4) is 0 Å². The van der Waals surface area contributed by atoms with E-state index in [1.54, 1.807) is 0 Å². The first-order valence-electron chi connectivity index (χ1n) is 5.51. The fourth-order valence-electron chi connectivity index (χ4n) is 2.56. The third-order valence-corrected chi connectivity index (χ3v) is 3.82. The molecular formula is C12H16O4. The summed E-state index contributed by atoms with van der Waals surface area (Å²) in [6.07, 6.45) is 2.91. The maximum atomic E-state index is 11.8. The molecule has 1 saturated carbocycles. The highest BCUT2D eigenvalue weighted by Gasteiger charge is 2.62. The zero-order valence-corrected chi connectivity index (χ0v) is 9.62. The Morgan fingerprint density at radius 3 is 3.00 bits per heavy atom. The van der Waals surface area contributed by atoms with Gasteiger partial charge in [0.25, 0.3) is 0 Å². The third kappa shape index (κ3) is 1.44. The summed E-state index contributed by atoms with van der Waals surface area (Å²) in [5.41, 5.74) is -1.55. The van der Waals surface area contributed by atoms with Crippen molar-refractivity contribution in [2.75, 3.05) is 0 Å². The summed E-state index contributed by atoms with van der Waals surface area (Å²) >= 11 is 0. The standard InChI is InChI=1S/C12H16O4/c1-4-9(13)15-12-6-5-8(2)11(3,7-12)16-10(12)14/h4,8H,1,5-7H2,2-3H3. The summed E-state index contributed by atoms with van der Waals surface area (Å²) in [6.45, 7) is 7.29. The molecule has 1 heterocycles. The summed E-state index contributed by atoms with van der Waals surface area (Å²) in [7, 11) is 0. The normalized spacial score (nSPS) is 41.4. The molecule has 1 aliphatic heterocycles. The van der Waals surface area contributed by atoms with Gasteiger partial charge in [-0.05, 0) is 25.7 Å². The molecular weight excluding hydrogens is 208 g/mol. The highest BCUT2D eigenvalue weighted by molar-refractivity contribution is 5.89. The molecule has 0 amide bonds. The van der Waals surface area contributed by atoms with E-state index in [9.17, 15) is 9.59 Å². The average Bonchev–Trinajstić information content (AvgIpc) is 2.43. The third-order valence-electron chi connectivity index (χ3n) is 3.82. The van der Waals surface area contributed by atoms with Gasteiger partial charge in [-0.25, -0.2) is 9.59 Å². The molecule has 0 radical (unpaired) electrons. The summed E-state index contributed by atoms with van der Waals surface area (Å²) in [5, 5.41) is 0. The lowest BCUT2D eigenvalue weighted by molar-refractivity contribution is -0.170. The number of esters is 2. The molecule has 16 heavy (non-hydrogen) atoms. The molecule has 2 bridgehead atoms. The van der Waals surface area contributed by atoms with Gasteiger partial charge >= 0.3 is 11.9 Å². The fraction of sp³-hybridized carbons (Fsp3) is 0.667. The molecule has 1 aliphatic carbocycles. The quantitative estimate of drug-likeness (QED) is 0.528. The minimum Gasteiger partial charge on any atom is -0.456 e. The molecule has 0 aromatic rings. The summed E-state index contributed by atoms with van der Waals surface area (Å²) in [5.74, 6) is -0.667. The van der Waals surface area contributed by atoms with Gasteiger partial charge in [0.2, 0.25) is 5.60 Å². The highest BCUT2D eigenvalue weighted by atomic mass is 16.6. The molecule has 0 spiro atoms. The molecule has 2 fully saturated rings. The molecule has 4 nitrogen and oxygen atoms in total. The number of rotatable bonds is 2. The van der Waals surface area contributed by atoms with Crippen LogP contribution in [0.5, 0.6) is 0 Å².